The van der Waals surface area contributed by atoms with Crippen LogP contribution in [0.4, 0.5) is 0 Å². The molecule has 1 aliphatic heterocycles. The van der Waals surface area contributed by atoms with Crippen molar-refractivity contribution in [3.63, 3.8) is 0 Å². The van der Waals surface area contributed by atoms with Gasteiger partial charge in [0.1, 0.15) is 27.3 Å². The fraction of sp³-hybridized carbons (Fsp3) is 0.167. The van der Waals surface area contributed by atoms with Crippen molar-refractivity contribution >= 4 is 27.8 Å². The molecule has 0 amide bonds. The molecule has 0 aliphatic carbocycles. The van der Waals surface area contributed by atoms with E-state index in [-0.39, 0.29) is 11.5 Å². The number of benzene rings is 2. The maximum absolute atomic E-state index is 12.7. The lowest BCUT2D eigenvalue weighted by molar-refractivity contribution is 0.101. The Morgan fingerprint density at radius 3 is 2.25 bits per heavy atom. The summed E-state index contributed by atoms with van der Waals surface area (Å²) in [4.78, 5) is 12.7. The maximum Gasteiger partial charge on any atom is 0.235 e. The van der Waals surface area contributed by atoms with Crippen LogP contribution in [0.2, 0.25) is 0 Å². The Kier molecular flexibility index (Phi) is 4.49. The third-order valence-electron chi connectivity index (χ3n) is 3.67. The Labute approximate surface area is 147 Å². The van der Waals surface area contributed by atoms with E-state index < -0.39 is 0 Å². The van der Waals surface area contributed by atoms with Crippen molar-refractivity contribution in [2.24, 2.45) is 0 Å². The van der Waals surface area contributed by atoms with Gasteiger partial charge in [-0.05, 0) is 39.7 Å². The number of fused-ring (bicyclic) bond motifs is 1. The predicted molar refractivity (Wildman–Crippen MR) is 93.2 cm³/mol. The summed E-state index contributed by atoms with van der Waals surface area (Å²) in [5.74, 6) is 2.07. The molecule has 0 N–H and O–H groups in total. The molecule has 1 heterocycles. The van der Waals surface area contributed by atoms with Crippen LogP contribution in [0.25, 0.3) is 6.08 Å². The van der Waals surface area contributed by atoms with E-state index in [1.807, 2.05) is 24.3 Å². The molecule has 0 fully saturated rings. The van der Waals surface area contributed by atoms with Gasteiger partial charge in [0, 0.05) is 6.07 Å². The minimum Gasteiger partial charge on any atom is -0.497 e. The summed E-state index contributed by atoms with van der Waals surface area (Å²) in [7, 11) is 4.64. The van der Waals surface area contributed by atoms with Crippen LogP contribution in [0.15, 0.2) is 40.6 Å². The number of Topliss-reactive ketones (excluding diaryl/α,β-unsaturated/α-hetero) is 1. The number of carbonyl (C=O) groups is 1. The van der Waals surface area contributed by atoms with Crippen molar-refractivity contribution < 1.29 is 23.7 Å². The first-order valence-electron chi connectivity index (χ1n) is 7.11. The molecule has 124 valence electrons. The van der Waals surface area contributed by atoms with Gasteiger partial charge < -0.3 is 18.9 Å². The normalized spacial score (nSPS) is 14.3. The van der Waals surface area contributed by atoms with Gasteiger partial charge in [0.15, 0.2) is 11.5 Å². The molecule has 0 bridgehead atoms. The summed E-state index contributed by atoms with van der Waals surface area (Å²) in [5.41, 5.74) is 1.21. The van der Waals surface area contributed by atoms with Gasteiger partial charge in [-0.3, -0.25) is 4.79 Å². The van der Waals surface area contributed by atoms with Crippen molar-refractivity contribution in [2.75, 3.05) is 21.3 Å². The molecule has 2 aromatic carbocycles. The van der Waals surface area contributed by atoms with Crippen molar-refractivity contribution in [3.8, 4) is 23.0 Å². The number of allylic oxidation sites excluding steroid dienone is 1. The number of methoxy groups -OCH3 is 3. The maximum atomic E-state index is 12.7. The van der Waals surface area contributed by atoms with Crippen LogP contribution in [0.1, 0.15) is 15.9 Å². The SMILES string of the molecule is COc1ccc(C=C2Oc3c(Br)c(OC)cc(OC)c3C2=O)cc1. The van der Waals surface area contributed by atoms with Crippen LogP contribution in [0, 0.1) is 0 Å². The van der Waals surface area contributed by atoms with Crippen molar-refractivity contribution in [1.29, 1.82) is 0 Å². The summed E-state index contributed by atoms with van der Waals surface area (Å²) in [6.07, 6.45) is 1.68. The molecule has 3 rings (SSSR count). The van der Waals surface area contributed by atoms with E-state index in [0.29, 0.717) is 27.3 Å². The van der Waals surface area contributed by atoms with E-state index in [2.05, 4.69) is 15.9 Å². The monoisotopic (exact) mass is 390 g/mol. The number of hydrogen-bond donors (Lipinski definition) is 0. The summed E-state index contributed by atoms with van der Waals surface area (Å²) < 4.78 is 22.1. The quantitative estimate of drug-likeness (QED) is 0.735. The second-order valence-electron chi connectivity index (χ2n) is 5.01. The molecular formula is C18H15BrO5. The van der Waals surface area contributed by atoms with Gasteiger partial charge >= 0.3 is 0 Å². The molecule has 24 heavy (non-hydrogen) atoms. The number of ether oxygens (including phenoxy) is 4. The number of rotatable bonds is 4. The molecule has 5 nitrogen and oxygen atoms in total. The van der Waals surface area contributed by atoms with E-state index in [9.17, 15) is 4.79 Å². The average molecular weight is 391 g/mol. The minimum absolute atomic E-state index is 0.224. The van der Waals surface area contributed by atoms with Crippen LogP contribution in [0.3, 0.4) is 0 Å². The molecule has 6 heteroatoms. The Bertz CT molecular complexity index is 824. The number of halogens is 1. The van der Waals surface area contributed by atoms with Crippen LogP contribution >= 0.6 is 15.9 Å². The molecule has 0 radical (unpaired) electrons. The molecule has 0 spiro atoms. The first-order valence-corrected chi connectivity index (χ1v) is 7.91. The second kappa shape index (κ2) is 6.57. The molecule has 1 aliphatic rings. The third kappa shape index (κ3) is 2.73. The first-order chi connectivity index (χ1) is 11.6. The summed E-state index contributed by atoms with van der Waals surface area (Å²) in [6, 6.07) is 8.98. The van der Waals surface area contributed by atoms with Gasteiger partial charge in [0.25, 0.3) is 0 Å². The topological polar surface area (TPSA) is 54.0 Å². The molecule has 0 unspecified atom stereocenters. The first kappa shape index (κ1) is 16.4. The van der Waals surface area contributed by atoms with Crippen LogP contribution in [0.5, 0.6) is 23.0 Å². The molecule has 0 saturated carbocycles. The number of carbonyl (C=O) groups excluding carboxylic acids is 1. The Balaban J connectivity index is 2.03. The largest absolute Gasteiger partial charge is 0.497 e. The highest BCUT2D eigenvalue weighted by Gasteiger charge is 2.34. The van der Waals surface area contributed by atoms with Gasteiger partial charge in [-0.1, -0.05) is 12.1 Å². The zero-order valence-corrected chi connectivity index (χ0v) is 15.0. The van der Waals surface area contributed by atoms with Crippen molar-refractivity contribution in [1.82, 2.24) is 0 Å². The zero-order valence-electron chi connectivity index (χ0n) is 13.4. The lowest BCUT2D eigenvalue weighted by Gasteiger charge is -2.10. The fourth-order valence-electron chi connectivity index (χ4n) is 2.43. The van der Waals surface area contributed by atoms with Crippen LogP contribution < -0.4 is 18.9 Å². The molecule has 0 aromatic heterocycles. The van der Waals surface area contributed by atoms with Gasteiger partial charge in [-0.15, -0.1) is 0 Å². The highest BCUT2D eigenvalue weighted by atomic mass is 79.9. The fourth-order valence-corrected chi connectivity index (χ4v) is 2.99. The van der Waals surface area contributed by atoms with E-state index in [4.69, 9.17) is 18.9 Å². The summed E-state index contributed by atoms with van der Waals surface area (Å²) in [5, 5.41) is 0. The average Bonchev–Trinajstić information content (AvgIpc) is 2.94. The van der Waals surface area contributed by atoms with E-state index >= 15 is 0 Å². The lowest BCUT2D eigenvalue weighted by Crippen LogP contribution is -2.00. The van der Waals surface area contributed by atoms with Crippen LogP contribution in [-0.4, -0.2) is 27.1 Å². The molecule has 2 aromatic rings. The van der Waals surface area contributed by atoms with Crippen LogP contribution in [-0.2, 0) is 0 Å². The predicted octanol–water partition coefficient (Wildman–Crippen LogP) is 4.09. The third-order valence-corrected chi connectivity index (χ3v) is 4.42. The lowest BCUT2D eigenvalue weighted by atomic mass is 10.1. The van der Waals surface area contributed by atoms with Gasteiger partial charge in [0.2, 0.25) is 5.78 Å². The molecular weight excluding hydrogens is 376 g/mol. The molecule has 0 atom stereocenters. The van der Waals surface area contributed by atoms with E-state index in [1.54, 1.807) is 19.3 Å². The van der Waals surface area contributed by atoms with Gasteiger partial charge in [-0.2, -0.15) is 0 Å². The Morgan fingerprint density at radius 2 is 1.67 bits per heavy atom. The Hall–Kier alpha value is -2.47. The standard InChI is InChI=1S/C18H15BrO5/c1-21-11-6-4-10(5-7-11)8-14-17(20)15-12(22-2)9-13(23-3)16(19)18(15)24-14/h4-9H,1-3H3. The van der Waals surface area contributed by atoms with E-state index in [1.165, 1.54) is 14.2 Å². The highest BCUT2D eigenvalue weighted by molar-refractivity contribution is 9.10. The highest BCUT2D eigenvalue weighted by Crippen LogP contribution is 2.48. The number of hydrogen-bond acceptors (Lipinski definition) is 5. The zero-order chi connectivity index (χ0) is 17.3. The van der Waals surface area contributed by atoms with Gasteiger partial charge in [0.05, 0.1) is 21.3 Å². The molecule has 0 saturated heterocycles. The number of ketones is 1. The summed E-state index contributed by atoms with van der Waals surface area (Å²) >= 11 is 3.41. The second-order valence-corrected chi connectivity index (χ2v) is 5.81. The van der Waals surface area contributed by atoms with E-state index in [0.717, 1.165) is 11.3 Å². The van der Waals surface area contributed by atoms with Crippen molar-refractivity contribution in [3.05, 3.63) is 51.7 Å². The summed E-state index contributed by atoms with van der Waals surface area (Å²) in [6.45, 7) is 0. The minimum atomic E-state index is -0.235. The van der Waals surface area contributed by atoms with Gasteiger partial charge in [-0.25, -0.2) is 0 Å². The Morgan fingerprint density at radius 1 is 1.00 bits per heavy atom. The smallest absolute Gasteiger partial charge is 0.235 e. The van der Waals surface area contributed by atoms with Crippen molar-refractivity contribution in [2.45, 2.75) is 0 Å².